The van der Waals surface area contributed by atoms with Gasteiger partial charge in [0.05, 0.1) is 6.04 Å². The average Bonchev–Trinajstić information content (AvgIpc) is 2.63. The molecule has 128 valence electrons. The largest absolute Gasteiger partial charge is 0.481 e. The third-order valence-corrected chi connectivity index (χ3v) is 4.34. The molecule has 3 nitrogen and oxygen atoms in total. The second-order valence-corrected chi connectivity index (χ2v) is 6.41. The summed E-state index contributed by atoms with van der Waals surface area (Å²) in [5.74, 6) is 0.577. The minimum atomic E-state index is -0.550. The van der Waals surface area contributed by atoms with Crippen LogP contribution >= 0.6 is 0 Å². The van der Waals surface area contributed by atoms with Crippen molar-refractivity contribution in [3.8, 4) is 5.75 Å². The van der Waals surface area contributed by atoms with Gasteiger partial charge in [-0.25, -0.2) is 0 Å². The molecular weight excluding hydrogens is 310 g/mol. The van der Waals surface area contributed by atoms with Crippen molar-refractivity contribution in [3.05, 3.63) is 77.9 Å². The fraction of sp³-hybridized carbons (Fsp3) is 0.227. The monoisotopic (exact) mass is 333 g/mol. The number of fused-ring (bicyclic) bond motifs is 1. The predicted molar refractivity (Wildman–Crippen MR) is 102 cm³/mol. The minimum Gasteiger partial charge on any atom is -0.481 e. The number of carbonyl (C=O) groups is 1. The number of nitrogens with one attached hydrogen (secondary N) is 1. The van der Waals surface area contributed by atoms with E-state index in [9.17, 15) is 4.79 Å². The molecule has 0 heterocycles. The fourth-order valence-electron chi connectivity index (χ4n) is 2.77. The lowest BCUT2D eigenvalue weighted by molar-refractivity contribution is -0.127. The van der Waals surface area contributed by atoms with Gasteiger partial charge in [-0.1, -0.05) is 54.1 Å². The van der Waals surface area contributed by atoms with Crippen molar-refractivity contribution in [2.24, 2.45) is 0 Å². The number of aryl methyl sites for hydroxylation is 1. The van der Waals surface area contributed by atoms with Gasteiger partial charge in [0, 0.05) is 0 Å². The van der Waals surface area contributed by atoms with Crippen molar-refractivity contribution in [2.75, 3.05) is 0 Å². The molecule has 0 aromatic heterocycles. The summed E-state index contributed by atoms with van der Waals surface area (Å²) in [6.07, 6.45) is -0.550. The van der Waals surface area contributed by atoms with E-state index in [4.69, 9.17) is 4.74 Å². The van der Waals surface area contributed by atoms with Gasteiger partial charge in [-0.05, 0) is 55.3 Å². The first kappa shape index (κ1) is 17.0. The Hall–Kier alpha value is -2.81. The highest BCUT2D eigenvalue weighted by Gasteiger charge is 2.17. The van der Waals surface area contributed by atoms with Gasteiger partial charge in [-0.3, -0.25) is 4.79 Å². The van der Waals surface area contributed by atoms with Gasteiger partial charge in [0.25, 0.3) is 5.91 Å². The van der Waals surface area contributed by atoms with E-state index in [0.717, 1.165) is 11.1 Å². The second-order valence-electron chi connectivity index (χ2n) is 6.41. The van der Waals surface area contributed by atoms with Crippen molar-refractivity contribution in [1.29, 1.82) is 0 Å². The van der Waals surface area contributed by atoms with Gasteiger partial charge < -0.3 is 10.1 Å². The maximum absolute atomic E-state index is 12.4. The zero-order chi connectivity index (χ0) is 17.8. The van der Waals surface area contributed by atoms with E-state index < -0.39 is 6.10 Å². The van der Waals surface area contributed by atoms with Crippen LogP contribution in [-0.2, 0) is 4.79 Å². The molecule has 3 heteroatoms. The quantitative estimate of drug-likeness (QED) is 0.729. The molecule has 1 N–H and O–H groups in total. The molecule has 0 saturated carbocycles. The number of ether oxygens (including phenoxy) is 1. The fourth-order valence-corrected chi connectivity index (χ4v) is 2.77. The van der Waals surface area contributed by atoms with E-state index in [1.54, 1.807) is 6.92 Å². The lowest BCUT2D eigenvalue weighted by atomic mass is 10.0. The first-order valence-corrected chi connectivity index (χ1v) is 8.55. The molecule has 3 aromatic carbocycles. The Balaban J connectivity index is 1.65. The molecule has 2 atom stereocenters. The SMILES string of the molecule is Cc1ccc(OC(C)C(=O)NC(C)c2ccc3ccccc3c2)cc1. The Kier molecular flexibility index (Phi) is 5.03. The van der Waals surface area contributed by atoms with Gasteiger partial charge in [-0.15, -0.1) is 0 Å². The Labute approximate surface area is 148 Å². The van der Waals surface area contributed by atoms with Gasteiger partial charge >= 0.3 is 0 Å². The predicted octanol–water partition coefficient (Wildman–Crippen LogP) is 4.79. The van der Waals surface area contributed by atoms with Crippen molar-refractivity contribution >= 4 is 16.7 Å². The molecular formula is C22H23NO2. The van der Waals surface area contributed by atoms with E-state index in [0.29, 0.717) is 5.75 Å². The summed E-state index contributed by atoms with van der Waals surface area (Å²) >= 11 is 0. The first-order valence-electron chi connectivity index (χ1n) is 8.55. The molecule has 0 radical (unpaired) electrons. The van der Waals surface area contributed by atoms with Crippen LogP contribution in [0.4, 0.5) is 0 Å². The number of carbonyl (C=O) groups excluding carboxylic acids is 1. The molecule has 0 saturated heterocycles. The zero-order valence-corrected chi connectivity index (χ0v) is 14.8. The Morgan fingerprint density at radius 3 is 2.32 bits per heavy atom. The second kappa shape index (κ2) is 7.39. The van der Waals surface area contributed by atoms with Crippen LogP contribution in [0.2, 0.25) is 0 Å². The van der Waals surface area contributed by atoms with Crippen LogP contribution in [0, 0.1) is 6.92 Å². The standard InChI is InChI=1S/C22H23NO2/c1-15-8-12-21(13-9-15)25-17(3)22(24)23-16(2)19-11-10-18-6-4-5-7-20(18)14-19/h4-14,16-17H,1-3H3,(H,23,24). The number of benzene rings is 3. The molecule has 1 amide bonds. The van der Waals surface area contributed by atoms with E-state index in [-0.39, 0.29) is 11.9 Å². The van der Waals surface area contributed by atoms with Gasteiger partial charge in [0.1, 0.15) is 5.75 Å². The normalized spacial score (nSPS) is 13.2. The minimum absolute atomic E-state index is 0.0822. The van der Waals surface area contributed by atoms with E-state index >= 15 is 0 Å². The summed E-state index contributed by atoms with van der Waals surface area (Å²) < 4.78 is 5.73. The summed E-state index contributed by atoms with van der Waals surface area (Å²) in [6, 6.07) is 22.1. The third kappa shape index (κ3) is 4.18. The van der Waals surface area contributed by atoms with Crippen molar-refractivity contribution in [3.63, 3.8) is 0 Å². The summed E-state index contributed by atoms with van der Waals surface area (Å²) in [4.78, 5) is 12.4. The van der Waals surface area contributed by atoms with E-state index in [2.05, 4.69) is 35.6 Å². The number of rotatable bonds is 5. The molecule has 0 bridgehead atoms. The lowest BCUT2D eigenvalue weighted by Crippen LogP contribution is -2.37. The maximum atomic E-state index is 12.4. The maximum Gasteiger partial charge on any atom is 0.261 e. The Morgan fingerprint density at radius 1 is 0.920 bits per heavy atom. The van der Waals surface area contributed by atoms with Crippen LogP contribution in [0.3, 0.4) is 0 Å². The van der Waals surface area contributed by atoms with Gasteiger partial charge in [0.15, 0.2) is 6.10 Å². The van der Waals surface area contributed by atoms with Crippen LogP contribution in [0.5, 0.6) is 5.75 Å². The average molecular weight is 333 g/mol. The molecule has 3 rings (SSSR count). The van der Waals surface area contributed by atoms with Crippen molar-refractivity contribution in [2.45, 2.75) is 32.9 Å². The molecule has 2 unspecified atom stereocenters. The Morgan fingerprint density at radius 2 is 1.60 bits per heavy atom. The molecule has 0 aliphatic heterocycles. The highest BCUT2D eigenvalue weighted by atomic mass is 16.5. The summed E-state index contributed by atoms with van der Waals surface area (Å²) in [6.45, 7) is 5.77. The number of amides is 1. The highest BCUT2D eigenvalue weighted by molar-refractivity contribution is 5.84. The van der Waals surface area contributed by atoms with Gasteiger partial charge in [-0.2, -0.15) is 0 Å². The topological polar surface area (TPSA) is 38.3 Å². The van der Waals surface area contributed by atoms with Crippen LogP contribution in [0.15, 0.2) is 66.7 Å². The number of hydrogen-bond donors (Lipinski definition) is 1. The molecule has 3 aromatic rings. The third-order valence-electron chi connectivity index (χ3n) is 4.34. The van der Waals surface area contributed by atoms with Crippen molar-refractivity contribution < 1.29 is 9.53 Å². The summed E-state index contributed by atoms with van der Waals surface area (Å²) in [5, 5.41) is 5.39. The number of hydrogen-bond acceptors (Lipinski definition) is 2. The molecule has 25 heavy (non-hydrogen) atoms. The first-order chi connectivity index (χ1) is 12.0. The van der Waals surface area contributed by atoms with Crippen LogP contribution in [0.25, 0.3) is 10.8 Å². The van der Waals surface area contributed by atoms with E-state index in [1.165, 1.54) is 10.8 Å². The molecule has 0 aliphatic carbocycles. The highest BCUT2D eigenvalue weighted by Crippen LogP contribution is 2.20. The molecule has 0 spiro atoms. The molecule has 0 fully saturated rings. The van der Waals surface area contributed by atoms with Gasteiger partial charge in [0.2, 0.25) is 0 Å². The van der Waals surface area contributed by atoms with Crippen molar-refractivity contribution in [1.82, 2.24) is 5.32 Å². The lowest BCUT2D eigenvalue weighted by Gasteiger charge is -2.19. The van der Waals surface area contributed by atoms with Crippen LogP contribution in [0.1, 0.15) is 31.0 Å². The zero-order valence-electron chi connectivity index (χ0n) is 14.8. The van der Waals surface area contributed by atoms with Crippen LogP contribution < -0.4 is 10.1 Å². The van der Waals surface area contributed by atoms with Crippen LogP contribution in [-0.4, -0.2) is 12.0 Å². The summed E-state index contributed by atoms with van der Waals surface area (Å²) in [7, 11) is 0. The van der Waals surface area contributed by atoms with E-state index in [1.807, 2.05) is 50.2 Å². The molecule has 0 aliphatic rings. The Bertz CT molecular complexity index is 871. The smallest absolute Gasteiger partial charge is 0.261 e. The summed E-state index contributed by atoms with van der Waals surface area (Å²) in [5.41, 5.74) is 2.24.